The molecule has 6 nitrogen and oxygen atoms in total. The Balaban J connectivity index is 1.94. The quantitative estimate of drug-likeness (QED) is 0.935. The number of amides is 2. The zero-order chi connectivity index (χ0) is 15.2. The first-order chi connectivity index (χ1) is 10.1. The molecule has 2 rings (SSSR count). The number of anilines is 1. The Morgan fingerprint density at radius 1 is 1.19 bits per heavy atom. The van der Waals surface area contributed by atoms with Gasteiger partial charge in [-0.25, -0.2) is 9.97 Å². The zero-order valence-electron chi connectivity index (χ0n) is 11.3. The van der Waals surface area contributed by atoms with Gasteiger partial charge in [-0.1, -0.05) is 29.8 Å². The highest BCUT2D eigenvalue weighted by atomic mass is 35.5. The van der Waals surface area contributed by atoms with Crippen LogP contribution in [0.2, 0.25) is 5.15 Å². The van der Waals surface area contributed by atoms with Crippen LogP contribution in [0, 0.1) is 0 Å². The molecule has 21 heavy (non-hydrogen) atoms. The highest BCUT2D eigenvalue weighted by Crippen LogP contribution is 2.06. The van der Waals surface area contributed by atoms with Crippen LogP contribution < -0.4 is 5.32 Å². The zero-order valence-corrected chi connectivity index (χ0v) is 12.0. The summed E-state index contributed by atoms with van der Waals surface area (Å²) in [7, 11) is 1.52. The molecule has 1 aromatic carbocycles. The lowest BCUT2D eigenvalue weighted by molar-refractivity contribution is -0.116. The molecule has 0 aliphatic rings. The number of nitrogens with zero attached hydrogens (tertiary/aromatic N) is 3. The molecule has 0 radical (unpaired) electrons. The molecule has 0 saturated carbocycles. The minimum absolute atomic E-state index is 0.0853. The maximum Gasteiger partial charge on any atom is 0.274 e. The van der Waals surface area contributed by atoms with Crippen LogP contribution >= 0.6 is 11.6 Å². The monoisotopic (exact) mass is 304 g/mol. The number of benzene rings is 1. The minimum Gasteiger partial charge on any atom is -0.331 e. The van der Waals surface area contributed by atoms with E-state index in [1.54, 1.807) is 12.1 Å². The topological polar surface area (TPSA) is 75.2 Å². The van der Waals surface area contributed by atoms with E-state index in [0.717, 1.165) is 0 Å². The molecule has 108 valence electrons. The van der Waals surface area contributed by atoms with Gasteiger partial charge in [0.25, 0.3) is 5.91 Å². The van der Waals surface area contributed by atoms with Gasteiger partial charge in [-0.3, -0.25) is 9.59 Å². The SMILES string of the molecule is CN(CC(=O)Nc1ccccc1)C(=O)c1cnc(Cl)cn1. The number of rotatable bonds is 4. The number of aromatic nitrogens is 2. The molecule has 0 aliphatic carbocycles. The Hall–Kier alpha value is -2.47. The maximum atomic E-state index is 12.0. The van der Waals surface area contributed by atoms with Gasteiger partial charge in [0.15, 0.2) is 0 Å². The number of halogens is 1. The standard InChI is InChI=1S/C14H13ClN4O2/c1-19(14(21)11-7-17-12(15)8-16-11)9-13(20)18-10-5-3-2-4-6-10/h2-8H,9H2,1H3,(H,18,20). The fourth-order valence-corrected chi connectivity index (χ4v) is 1.73. The molecule has 1 heterocycles. The fraction of sp³-hybridized carbons (Fsp3) is 0.143. The van der Waals surface area contributed by atoms with Crippen LogP contribution in [0.1, 0.15) is 10.5 Å². The summed E-state index contributed by atoms with van der Waals surface area (Å²) in [6.45, 7) is -0.0853. The van der Waals surface area contributed by atoms with E-state index in [1.807, 2.05) is 18.2 Å². The van der Waals surface area contributed by atoms with Gasteiger partial charge >= 0.3 is 0 Å². The van der Waals surface area contributed by atoms with Crippen LogP contribution in [-0.4, -0.2) is 40.3 Å². The summed E-state index contributed by atoms with van der Waals surface area (Å²) in [5.41, 5.74) is 0.809. The van der Waals surface area contributed by atoms with Crippen LogP contribution in [-0.2, 0) is 4.79 Å². The van der Waals surface area contributed by atoms with Crippen molar-refractivity contribution in [3.63, 3.8) is 0 Å². The molecule has 1 aromatic heterocycles. The molecular formula is C14H13ClN4O2. The Morgan fingerprint density at radius 3 is 2.52 bits per heavy atom. The van der Waals surface area contributed by atoms with E-state index in [-0.39, 0.29) is 23.3 Å². The van der Waals surface area contributed by atoms with Crippen LogP contribution in [0.3, 0.4) is 0 Å². The van der Waals surface area contributed by atoms with E-state index < -0.39 is 5.91 Å². The normalized spacial score (nSPS) is 10.0. The van der Waals surface area contributed by atoms with Crippen LogP contribution in [0.15, 0.2) is 42.7 Å². The Kier molecular flexibility index (Phi) is 4.84. The highest BCUT2D eigenvalue weighted by molar-refractivity contribution is 6.29. The van der Waals surface area contributed by atoms with Crippen molar-refractivity contribution < 1.29 is 9.59 Å². The average molecular weight is 305 g/mol. The summed E-state index contributed by atoms with van der Waals surface area (Å²) in [5.74, 6) is -0.693. The first-order valence-electron chi connectivity index (χ1n) is 6.14. The van der Waals surface area contributed by atoms with Crippen molar-refractivity contribution in [1.82, 2.24) is 14.9 Å². The van der Waals surface area contributed by atoms with Crippen molar-refractivity contribution in [2.75, 3.05) is 18.9 Å². The van der Waals surface area contributed by atoms with Gasteiger partial charge in [-0.05, 0) is 12.1 Å². The van der Waals surface area contributed by atoms with Gasteiger partial charge in [-0.2, -0.15) is 0 Å². The Bertz CT molecular complexity index is 631. The van der Waals surface area contributed by atoms with Crippen molar-refractivity contribution in [3.05, 3.63) is 53.6 Å². The molecule has 0 fully saturated rings. The number of nitrogens with one attached hydrogen (secondary N) is 1. The second-order valence-electron chi connectivity index (χ2n) is 4.30. The van der Waals surface area contributed by atoms with Gasteiger partial charge in [0, 0.05) is 12.7 Å². The minimum atomic E-state index is -0.401. The molecule has 0 saturated heterocycles. The second kappa shape index (κ2) is 6.81. The van der Waals surface area contributed by atoms with E-state index in [1.165, 1.54) is 24.3 Å². The van der Waals surface area contributed by atoms with E-state index >= 15 is 0 Å². The molecule has 0 aliphatic heterocycles. The van der Waals surface area contributed by atoms with Crippen LogP contribution in [0.25, 0.3) is 0 Å². The summed E-state index contributed by atoms with van der Waals surface area (Å²) in [5, 5.41) is 2.90. The molecule has 1 N–H and O–H groups in total. The maximum absolute atomic E-state index is 12.0. The first kappa shape index (κ1) is 14.9. The van der Waals surface area contributed by atoms with Gasteiger partial charge < -0.3 is 10.2 Å². The lowest BCUT2D eigenvalue weighted by atomic mass is 10.3. The number of likely N-dealkylation sites (N-methyl/N-ethyl adjacent to an activating group) is 1. The first-order valence-corrected chi connectivity index (χ1v) is 6.52. The van der Waals surface area contributed by atoms with E-state index in [0.29, 0.717) is 5.69 Å². The molecule has 2 amide bonds. The summed E-state index contributed by atoms with van der Waals surface area (Å²) in [6.07, 6.45) is 2.56. The third kappa shape index (κ3) is 4.25. The summed E-state index contributed by atoms with van der Waals surface area (Å²) >= 11 is 5.61. The highest BCUT2D eigenvalue weighted by Gasteiger charge is 2.16. The lowest BCUT2D eigenvalue weighted by Gasteiger charge is -2.16. The van der Waals surface area contributed by atoms with Crippen molar-refractivity contribution in [3.8, 4) is 0 Å². The van der Waals surface area contributed by atoms with E-state index in [9.17, 15) is 9.59 Å². The molecule has 0 unspecified atom stereocenters. The van der Waals surface area contributed by atoms with Crippen molar-refractivity contribution in [1.29, 1.82) is 0 Å². The van der Waals surface area contributed by atoms with E-state index in [4.69, 9.17) is 11.6 Å². The average Bonchev–Trinajstić information content (AvgIpc) is 2.48. The predicted molar refractivity (Wildman–Crippen MR) is 79.1 cm³/mol. The smallest absolute Gasteiger partial charge is 0.274 e. The Labute approximate surface area is 126 Å². The van der Waals surface area contributed by atoms with Gasteiger partial charge in [0.2, 0.25) is 5.91 Å². The summed E-state index contributed by atoms with van der Waals surface area (Å²) in [6, 6.07) is 9.01. The molecule has 2 aromatic rings. The predicted octanol–water partition coefficient (Wildman–Crippen LogP) is 1.84. The van der Waals surface area contributed by atoms with Crippen LogP contribution in [0.5, 0.6) is 0 Å². The van der Waals surface area contributed by atoms with Crippen LogP contribution in [0.4, 0.5) is 5.69 Å². The number of carbonyl (C=O) groups excluding carboxylic acids is 2. The molecular weight excluding hydrogens is 292 g/mol. The third-order valence-corrected chi connectivity index (χ3v) is 2.82. The van der Waals surface area contributed by atoms with Crippen molar-refractivity contribution in [2.45, 2.75) is 0 Å². The number of carbonyl (C=O) groups is 2. The van der Waals surface area contributed by atoms with Crippen molar-refractivity contribution >= 4 is 29.1 Å². The summed E-state index contributed by atoms with van der Waals surface area (Å²) in [4.78, 5) is 32.8. The third-order valence-electron chi connectivity index (χ3n) is 2.62. The fourth-order valence-electron chi connectivity index (χ4n) is 1.63. The number of hydrogen-bond donors (Lipinski definition) is 1. The Morgan fingerprint density at radius 2 is 1.90 bits per heavy atom. The molecule has 0 spiro atoms. The molecule has 0 bridgehead atoms. The van der Waals surface area contributed by atoms with Gasteiger partial charge in [0.05, 0.1) is 18.9 Å². The van der Waals surface area contributed by atoms with Gasteiger partial charge in [0.1, 0.15) is 10.8 Å². The summed E-state index contributed by atoms with van der Waals surface area (Å²) < 4.78 is 0. The van der Waals surface area contributed by atoms with Gasteiger partial charge in [-0.15, -0.1) is 0 Å². The second-order valence-corrected chi connectivity index (χ2v) is 4.69. The molecule has 0 atom stereocenters. The van der Waals surface area contributed by atoms with E-state index in [2.05, 4.69) is 15.3 Å². The van der Waals surface area contributed by atoms with Crippen molar-refractivity contribution in [2.24, 2.45) is 0 Å². The number of para-hydroxylation sites is 1. The largest absolute Gasteiger partial charge is 0.331 e. The number of hydrogen-bond acceptors (Lipinski definition) is 4. The lowest BCUT2D eigenvalue weighted by Crippen LogP contribution is -2.35. The molecule has 7 heteroatoms.